The van der Waals surface area contributed by atoms with Crippen molar-refractivity contribution < 1.29 is 14.6 Å². The molecule has 17 heavy (non-hydrogen) atoms. The summed E-state index contributed by atoms with van der Waals surface area (Å²) in [7, 11) is 0. The van der Waals surface area contributed by atoms with Crippen LogP contribution in [0, 0.1) is 5.92 Å². The van der Waals surface area contributed by atoms with Crippen LogP contribution >= 0.6 is 15.9 Å². The average molecular weight is 300 g/mol. The lowest BCUT2D eigenvalue weighted by atomic mass is 10.1. The number of carboxylic acids is 1. The van der Waals surface area contributed by atoms with Gasteiger partial charge in [-0.3, -0.25) is 0 Å². The van der Waals surface area contributed by atoms with Crippen LogP contribution in [0.3, 0.4) is 0 Å². The molecule has 2 heterocycles. The van der Waals surface area contributed by atoms with Crippen molar-refractivity contribution in [2.45, 2.75) is 31.4 Å². The van der Waals surface area contributed by atoms with Gasteiger partial charge in [-0.05, 0) is 47.2 Å². The minimum absolute atomic E-state index is 0.180. The number of hydrogen-bond acceptors (Lipinski definition) is 2. The fourth-order valence-corrected chi connectivity index (χ4v) is 3.10. The summed E-state index contributed by atoms with van der Waals surface area (Å²) in [5, 5.41) is 9.20. The van der Waals surface area contributed by atoms with Crippen LogP contribution in [-0.4, -0.2) is 28.4 Å². The predicted molar refractivity (Wildman–Crippen MR) is 65.2 cm³/mol. The van der Waals surface area contributed by atoms with Gasteiger partial charge in [0.25, 0.3) is 0 Å². The molecule has 3 rings (SSSR count). The number of rotatable bonds is 3. The highest BCUT2D eigenvalue weighted by Crippen LogP contribution is 2.44. The molecule has 1 N–H and O–H groups in total. The summed E-state index contributed by atoms with van der Waals surface area (Å²) in [4.78, 5) is 11.2. The molecule has 2 fully saturated rings. The third kappa shape index (κ3) is 2.02. The maximum atomic E-state index is 11.2. The summed E-state index contributed by atoms with van der Waals surface area (Å²) in [6, 6.07) is 1.84. The molecule has 0 aromatic carbocycles. The Morgan fingerprint density at radius 3 is 2.88 bits per heavy atom. The Labute approximate surface area is 108 Å². The highest BCUT2D eigenvalue weighted by Gasteiger charge is 2.42. The summed E-state index contributed by atoms with van der Waals surface area (Å²) in [5.41, 5.74) is 0.345. The molecule has 0 amide bonds. The Kier molecular flexibility index (Phi) is 2.75. The maximum Gasteiger partial charge on any atom is 0.352 e. The first-order chi connectivity index (χ1) is 8.16. The van der Waals surface area contributed by atoms with E-state index in [0.29, 0.717) is 11.6 Å². The summed E-state index contributed by atoms with van der Waals surface area (Å²) in [5.74, 6) is -0.248. The zero-order chi connectivity index (χ0) is 12.0. The third-order valence-electron chi connectivity index (χ3n) is 3.58. The highest BCUT2D eigenvalue weighted by molar-refractivity contribution is 9.10. The van der Waals surface area contributed by atoms with E-state index >= 15 is 0 Å². The Hall–Kier alpha value is -0.810. The van der Waals surface area contributed by atoms with Gasteiger partial charge in [-0.1, -0.05) is 0 Å². The largest absolute Gasteiger partial charge is 0.477 e. The Morgan fingerprint density at radius 2 is 2.24 bits per heavy atom. The fraction of sp³-hybridized carbons (Fsp3) is 0.583. The van der Waals surface area contributed by atoms with Gasteiger partial charge in [-0.2, -0.15) is 0 Å². The second-order valence-electron chi connectivity index (χ2n) is 4.78. The van der Waals surface area contributed by atoms with Gasteiger partial charge < -0.3 is 14.4 Å². The van der Waals surface area contributed by atoms with E-state index in [4.69, 9.17) is 4.74 Å². The molecule has 2 atom stereocenters. The lowest BCUT2D eigenvalue weighted by molar-refractivity contribution is 0.0645. The van der Waals surface area contributed by atoms with Crippen LogP contribution < -0.4 is 0 Å². The minimum Gasteiger partial charge on any atom is -0.477 e. The molecule has 2 aliphatic rings. The molecular weight excluding hydrogens is 286 g/mol. The molecule has 1 saturated carbocycles. The number of carbonyl (C=O) groups is 1. The van der Waals surface area contributed by atoms with Crippen molar-refractivity contribution in [1.82, 2.24) is 4.57 Å². The van der Waals surface area contributed by atoms with Crippen molar-refractivity contribution in [3.05, 3.63) is 22.4 Å². The van der Waals surface area contributed by atoms with Crippen molar-refractivity contribution in [2.24, 2.45) is 5.92 Å². The van der Waals surface area contributed by atoms with Crippen LogP contribution in [0.2, 0.25) is 0 Å². The molecule has 1 aliphatic heterocycles. The van der Waals surface area contributed by atoms with E-state index in [1.54, 1.807) is 6.07 Å². The van der Waals surface area contributed by atoms with E-state index < -0.39 is 5.97 Å². The average Bonchev–Trinajstić information content (AvgIpc) is 2.87. The Balaban J connectivity index is 1.94. The first-order valence-corrected chi connectivity index (χ1v) is 6.68. The van der Waals surface area contributed by atoms with Crippen molar-refractivity contribution in [2.75, 3.05) is 6.61 Å². The fourth-order valence-electron chi connectivity index (χ4n) is 2.66. The maximum absolute atomic E-state index is 11.2. The molecule has 1 aromatic rings. The number of hydrogen-bond donors (Lipinski definition) is 1. The molecule has 0 bridgehead atoms. The SMILES string of the molecule is O=C(O)c1cc(Br)cn1C1CCOC1C1CC1. The van der Waals surface area contributed by atoms with E-state index in [0.717, 1.165) is 17.5 Å². The van der Waals surface area contributed by atoms with Gasteiger partial charge in [0.15, 0.2) is 0 Å². The zero-order valence-electron chi connectivity index (χ0n) is 9.30. The molecule has 4 nitrogen and oxygen atoms in total. The topological polar surface area (TPSA) is 51.5 Å². The number of aromatic carboxylic acids is 1. The first kappa shape index (κ1) is 11.3. The zero-order valence-corrected chi connectivity index (χ0v) is 10.9. The molecule has 92 valence electrons. The molecule has 1 saturated heterocycles. The van der Waals surface area contributed by atoms with Crippen molar-refractivity contribution in [3.8, 4) is 0 Å². The second-order valence-corrected chi connectivity index (χ2v) is 5.70. The second kappa shape index (κ2) is 4.14. The molecule has 1 aliphatic carbocycles. The highest BCUT2D eigenvalue weighted by atomic mass is 79.9. The first-order valence-electron chi connectivity index (χ1n) is 5.89. The monoisotopic (exact) mass is 299 g/mol. The van der Waals surface area contributed by atoms with Crippen molar-refractivity contribution in [3.63, 3.8) is 0 Å². The van der Waals surface area contributed by atoms with Crippen LogP contribution in [0.15, 0.2) is 16.7 Å². The van der Waals surface area contributed by atoms with E-state index in [2.05, 4.69) is 15.9 Å². The van der Waals surface area contributed by atoms with Gasteiger partial charge in [0.2, 0.25) is 0 Å². The summed E-state index contributed by atoms with van der Waals surface area (Å²) in [6.45, 7) is 0.737. The smallest absolute Gasteiger partial charge is 0.352 e. The van der Waals surface area contributed by atoms with Gasteiger partial charge >= 0.3 is 5.97 Å². The molecule has 2 unspecified atom stereocenters. The predicted octanol–water partition coefficient (Wildman–Crippen LogP) is 2.69. The van der Waals surface area contributed by atoms with Gasteiger partial charge in [-0.25, -0.2) is 4.79 Å². The third-order valence-corrected chi connectivity index (χ3v) is 4.02. The lowest BCUT2D eigenvalue weighted by Crippen LogP contribution is -2.24. The van der Waals surface area contributed by atoms with Crippen LogP contribution in [0.5, 0.6) is 0 Å². The number of nitrogens with zero attached hydrogens (tertiary/aromatic N) is 1. The van der Waals surface area contributed by atoms with E-state index in [-0.39, 0.29) is 12.1 Å². The van der Waals surface area contributed by atoms with E-state index in [9.17, 15) is 9.90 Å². The van der Waals surface area contributed by atoms with Gasteiger partial charge in [0, 0.05) is 17.3 Å². The normalized spacial score (nSPS) is 28.5. The molecular formula is C12H14BrNO3. The lowest BCUT2D eigenvalue weighted by Gasteiger charge is -2.21. The van der Waals surface area contributed by atoms with Crippen LogP contribution in [0.1, 0.15) is 35.8 Å². The van der Waals surface area contributed by atoms with E-state index in [1.165, 1.54) is 12.8 Å². The van der Waals surface area contributed by atoms with Gasteiger partial charge in [-0.15, -0.1) is 0 Å². The van der Waals surface area contributed by atoms with Gasteiger partial charge in [0.05, 0.1) is 12.1 Å². The minimum atomic E-state index is -0.878. The standard InChI is InChI=1S/C12H14BrNO3/c13-8-5-10(12(15)16)14(6-8)9-3-4-17-11(9)7-1-2-7/h5-7,9,11H,1-4H2,(H,15,16). The summed E-state index contributed by atoms with van der Waals surface area (Å²) < 4.78 is 8.44. The van der Waals surface area contributed by atoms with Crippen LogP contribution in [0.25, 0.3) is 0 Å². The Bertz CT molecular complexity index is 453. The van der Waals surface area contributed by atoms with Crippen LogP contribution in [0.4, 0.5) is 0 Å². The number of carboxylic acid groups (broad SMARTS) is 1. The number of aromatic nitrogens is 1. The van der Waals surface area contributed by atoms with Crippen molar-refractivity contribution >= 4 is 21.9 Å². The quantitative estimate of drug-likeness (QED) is 0.933. The van der Waals surface area contributed by atoms with E-state index in [1.807, 2.05) is 10.8 Å². The number of ether oxygens (including phenoxy) is 1. The molecule has 1 aromatic heterocycles. The van der Waals surface area contributed by atoms with Crippen LogP contribution in [-0.2, 0) is 4.74 Å². The molecule has 5 heteroatoms. The number of halogens is 1. The Morgan fingerprint density at radius 1 is 1.47 bits per heavy atom. The van der Waals surface area contributed by atoms with Crippen molar-refractivity contribution in [1.29, 1.82) is 0 Å². The summed E-state index contributed by atoms with van der Waals surface area (Å²) >= 11 is 3.35. The molecule has 0 spiro atoms. The summed E-state index contributed by atoms with van der Waals surface area (Å²) in [6.07, 6.45) is 5.39. The molecule has 0 radical (unpaired) electrons. The van der Waals surface area contributed by atoms with Gasteiger partial charge in [0.1, 0.15) is 5.69 Å².